The molecule has 1 rings (SSSR count). The molecular formula is C13H24N2O3. The summed E-state index contributed by atoms with van der Waals surface area (Å²) in [6, 6.07) is -0.382. The Kier molecular flexibility index (Phi) is 5.44. The first-order valence-corrected chi connectivity index (χ1v) is 6.72. The van der Waals surface area contributed by atoms with Crippen molar-refractivity contribution >= 4 is 12.0 Å². The molecule has 5 heteroatoms. The van der Waals surface area contributed by atoms with Crippen molar-refractivity contribution in [3.05, 3.63) is 0 Å². The van der Waals surface area contributed by atoms with Crippen LogP contribution in [0.5, 0.6) is 0 Å². The number of carboxylic acids is 1. The zero-order valence-corrected chi connectivity index (χ0v) is 11.4. The molecule has 1 aliphatic rings. The molecule has 0 aliphatic heterocycles. The summed E-state index contributed by atoms with van der Waals surface area (Å²) in [5.41, 5.74) is 0. The maximum absolute atomic E-state index is 11.8. The molecular weight excluding hydrogens is 232 g/mol. The lowest BCUT2D eigenvalue weighted by Gasteiger charge is -2.22. The maximum atomic E-state index is 11.8. The normalized spacial score (nSPS) is 19.7. The van der Waals surface area contributed by atoms with Crippen molar-refractivity contribution < 1.29 is 14.7 Å². The largest absolute Gasteiger partial charge is 0.481 e. The molecule has 3 N–H and O–H groups in total. The predicted octanol–water partition coefficient (Wildman–Crippen LogP) is 1.97. The second-order valence-corrected chi connectivity index (χ2v) is 5.33. The third-order valence-electron chi connectivity index (χ3n) is 3.76. The SMILES string of the molecule is CCC(C)C(C)NC(=O)NC(CC(=O)O)C1CC1. The molecule has 104 valence electrons. The quantitative estimate of drug-likeness (QED) is 0.651. The highest BCUT2D eigenvalue weighted by Gasteiger charge is 2.33. The summed E-state index contributed by atoms with van der Waals surface area (Å²) in [5, 5.41) is 14.5. The Morgan fingerprint density at radius 3 is 2.33 bits per heavy atom. The lowest BCUT2D eigenvalue weighted by molar-refractivity contribution is -0.137. The Hall–Kier alpha value is -1.26. The van der Waals surface area contributed by atoms with Gasteiger partial charge in [-0.15, -0.1) is 0 Å². The molecule has 0 aromatic heterocycles. The average Bonchev–Trinajstić information content (AvgIpc) is 3.09. The van der Waals surface area contributed by atoms with Gasteiger partial charge in [-0.3, -0.25) is 4.79 Å². The van der Waals surface area contributed by atoms with Crippen molar-refractivity contribution in [2.24, 2.45) is 11.8 Å². The van der Waals surface area contributed by atoms with E-state index in [0.717, 1.165) is 19.3 Å². The topological polar surface area (TPSA) is 78.4 Å². The van der Waals surface area contributed by atoms with Gasteiger partial charge in [0.05, 0.1) is 6.42 Å². The number of aliphatic carboxylic acids is 1. The highest BCUT2D eigenvalue weighted by molar-refractivity contribution is 5.76. The Balaban J connectivity index is 2.38. The Labute approximate surface area is 108 Å². The Morgan fingerprint density at radius 2 is 1.89 bits per heavy atom. The molecule has 0 radical (unpaired) electrons. The summed E-state index contributed by atoms with van der Waals surface area (Å²) in [4.78, 5) is 22.5. The molecule has 5 nitrogen and oxygen atoms in total. The van der Waals surface area contributed by atoms with E-state index in [1.807, 2.05) is 6.92 Å². The number of hydrogen-bond donors (Lipinski definition) is 3. The van der Waals surface area contributed by atoms with Crippen molar-refractivity contribution in [3.8, 4) is 0 Å². The third kappa shape index (κ3) is 4.94. The van der Waals surface area contributed by atoms with Gasteiger partial charge in [0.1, 0.15) is 0 Å². The fourth-order valence-corrected chi connectivity index (χ4v) is 1.93. The molecule has 0 bridgehead atoms. The highest BCUT2D eigenvalue weighted by atomic mass is 16.4. The van der Waals surface area contributed by atoms with Crippen molar-refractivity contribution in [1.82, 2.24) is 10.6 Å². The summed E-state index contributed by atoms with van der Waals surface area (Å²) < 4.78 is 0. The first kappa shape index (κ1) is 14.8. The number of nitrogens with one attached hydrogen (secondary N) is 2. The van der Waals surface area contributed by atoms with Gasteiger partial charge < -0.3 is 15.7 Å². The van der Waals surface area contributed by atoms with Gasteiger partial charge in [-0.2, -0.15) is 0 Å². The third-order valence-corrected chi connectivity index (χ3v) is 3.76. The molecule has 2 amide bonds. The zero-order valence-electron chi connectivity index (χ0n) is 11.4. The fourth-order valence-electron chi connectivity index (χ4n) is 1.93. The number of carboxylic acid groups (broad SMARTS) is 1. The molecule has 0 aromatic carbocycles. The minimum atomic E-state index is -0.859. The van der Waals surface area contributed by atoms with Crippen LogP contribution < -0.4 is 10.6 Å². The van der Waals surface area contributed by atoms with Gasteiger partial charge >= 0.3 is 12.0 Å². The van der Waals surface area contributed by atoms with Gasteiger partial charge in [-0.1, -0.05) is 20.3 Å². The van der Waals surface area contributed by atoms with E-state index in [-0.39, 0.29) is 24.5 Å². The van der Waals surface area contributed by atoms with E-state index < -0.39 is 5.97 Å². The minimum Gasteiger partial charge on any atom is -0.481 e. The number of amides is 2. The molecule has 18 heavy (non-hydrogen) atoms. The Morgan fingerprint density at radius 1 is 1.28 bits per heavy atom. The molecule has 1 aliphatic carbocycles. The van der Waals surface area contributed by atoms with Crippen LogP contribution in [0.4, 0.5) is 4.79 Å². The maximum Gasteiger partial charge on any atom is 0.315 e. The van der Waals surface area contributed by atoms with E-state index in [2.05, 4.69) is 24.5 Å². The first-order valence-electron chi connectivity index (χ1n) is 6.72. The van der Waals surface area contributed by atoms with Crippen molar-refractivity contribution in [3.63, 3.8) is 0 Å². The molecule has 0 saturated heterocycles. The summed E-state index contributed by atoms with van der Waals surface area (Å²) in [7, 11) is 0. The summed E-state index contributed by atoms with van der Waals surface area (Å²) in [6.45, 7) is 6.13. The van der Waals surface area contributed by atoms with Gasteiger partial charge in [0, 0.05) is 12.1 Å². The molecule has 0 aromatic rings. The molecule has 3 unspecified atom stereocenters. The number of carbonyl (C=O) groups is 2. The van der Waals surface area contributed by atoms with Gasteiger partial charge in [-0.25, -0.2) is 4.79 Å². The number of urea groups is 1. The zero-order chi connectivity index (χ0) is 13.7. The summed E-state index contributed by atoms with van der Waals surface area (Å²) in [6.07, 6.45) is 3.04. The summed E-state index contributed by atoms with van der Waals surface area (Å²) >= 11 is 0. The summed E-state index contributed by atoms with van der Waals surface area (Å²) in [5.74, 6) is -0.109. The van der Waals surface area contributed by atoms with Crippen LogP contribution in [0.25, 0.3) is 0 Å². The molecule has 0 spiro atoms. The monoisotopic (exact) mass is 256 g/mol. The van der Waals surface area contributed by atoms with Gasteiger partial charge in [-0.05, 0) is 31.6 Å². The van der Waals surface area contributed by atoms with Crippen LogP contribution in [0, 0.1) is 11.8 Å². The van der Waals surface area contributed by atoms with Crippen LogP contribution in [-0.2, 0) is 4.79 Å². The van der Waals surface area contributed by atoms with Crippen LogP contribution in [0.3, 0.4) is 0 Å². The van der Waals surface area contributed by atoms with E-state index in [1.54, 1.807) is 0 Å². The first-order chi connectivity index (χ1) is 8.43. The van der Waals surface area contributed by atoms with Crippen molar-refractivity contribution in [2.75, 3.05) is 0 Å². The smallest absolute Gasteiger partial charge is 0.315 e. The van der Waals surface area contributed by atoms with Crippen LogP contribution in [-0.4, -0.2) is 29.2 Å². The van der Waals surface area contributed by atoms with Crippen LogP contribution >= 0.6 is 0 Å². The molecule has 1 fully saturated rings. The predicted molar refractivity (Wildman–Crippen MR) is 69.3 cm³/mol. The van der Waals surface area contributed by atoms with E-state index in [9.17, 15) is 9.59 Å². The minimum absolute atomic E-state index is 0.00972. The van der Waals surface area contributed by atoms with Gasteiger partial charge in [0.25, 0.3) is 0 Å². The lowest BCUT2D eigenvalue weighted by atomic mass is 10.0. The van der Waals surface area contributed by atoms with Crippen LogP contribution in [0.2, 0.25) is 0 Å². The number of rotatable bonds is 7. The van der Waals surface area contributed by atoms with Gasteiger partial charge in [0.15, 0.2) is 0 Å². The molecule has 0 heterocycles. The fraction of sp³-hybridized carbons (Fsp3) is 0.846. The van der Waals surface area contributed by atoms with E-state index in [1.165, 1.54) is 0 Å². The van der Waals surface area contributed by atoms with Crippen LogP contribution in [0.1, 0.15) is 46.5 Å². The average molecular weight is 256 g/mol. The van der Waals surface area contributed by atoms with Crippen molar-refractivity contribution in [2.45, 2.75) is 58.5 Å². The van der Waals surface area contributed by atoms with E-state index in [4.69, 9.17) is 5.11 Å². The number of carbonyl (C=O) groups excluding carboxylic acids is 1. The second kappa shape index (κ2) is 6.61. The van der Waals surface area contributed by atoms with E-state index in [0.29, 0.717) is 11.8 Å². The second-order valence-electron chi connectivity index (χ2n) is 5.33. The van der Waals surface area contributed by atoms with Crippen LogP contribution in [0.15, 0.2) is 0 Å². The lowest BCUT2D eigenvalue weighted by Crippen LogP contribution is -2.48. The molecule has 3 atom stereocenters. The van der Waals surface area contributed by atoms with Gasteiger partial charge in [0.2, 0.25) is 0 Å². The molecule has 1 saturated carbocycles. The highest BCUT2D eigenvalue weighted by Crippen LogP contribution is 2.33. The number of hydrogen-bond acceptors (Lipinski definition) is 2. The standard InChI is InChI=1S/C13H24N2O3/c1-4-8(2)9(3)14-13(18)15-11(7-12(16)17)10-5-6-10/h8-11H,4-7H2,1-3H3,(H,16,17)(H2,14,15,18). The van der Waals surface area contributed by atoms with E-state index >= 15 is 0 Å². The Bertz CT molecular complexity index is 303. The van der Waals surface area contributed by atoms with Crippen molar-refractivity contribution in [1.29, 1.82) is 0 Å².